The summed E-state index contributed by atoms with van der Waals surface area (Å²) in [5.41, 5.74) is 10.1. The Labute approximate surface area is 185 Å². The number of hydrogen-bond acceptors (Lipinski definition) is 5. The summed E-state index contributed by atoms with van der Waals surface area (Å²) >= 11 is 1.36. The monoisotopic (exact) mass is 435 g/mol. The summed E-state index contributed by atoms with van der Waals surface area (Å²) in [6.07, 6.45) is 6.90. The number of allylic oxidation sites excluding steroid dienone is 1. The summed E-state index contributed by atoms with van der Waals surface area (Å²) < 4.78 is 2.06. The van der Waals surface area contributed by atoms with Crippen LogP contribution in [-0.4, -0.2) is 32.3 Å². The number of amides is 2. The summed E-state index contributed by atoms with van der Waals surface area (Å²) in [5.74, 6) is 0.980. The summed E-state index contributed by atoms with van der Waals surface area (Å²) in [6, 6.07) is 10.0. The molecule has 1 aromatic carbocycles. The molecule has 160 valence electrons. The standard InChI is InChI=1S/C23H25N5O2S/c24-21(30)20-17-9-5-4-6-15(17)12-18(20)25-19(29)13-31-23-27-26-22(14-10-11-14)28(23)16-7-2-1-3-8-16/h1-3,7-8,14H,4-6,9-13H2,(H2,24,30)(H,25,29). The zero-order valence-electron chi connectivity index (χ0n) is 17.3. The maximum atomic E-state index is 12.8. The molecule has 1 fully saturated rings. The summed E-state index contributed by atoms with van der Waals surface area (Å²) in [6.45, 7) is 0. The first-order valence-electron chi connectivity index (χ1n) is 10.8. The van der Waals surface area contributed by atoms with Crippen LogP contribution in [0.3, 0.4) is 0 Å². The number of rotatable bonds is 7. The van der Waals surface area contributed by atoms with E-state index in [1.54, 1.807) is 0 Å². The third-order valence-electron chi connectivity index (χ3n) is 6.06. The van der Waals surface area contributed by atoms with Crippen LogP contribution in [0.2, 0.25) is 0 Å². The molecule has 0 bridgehead atoms. The fraction of sp³-hybridized carbons (Fsp3) is 0.391. The van der Waals surface area contributed by atoms with Crippen LogP contribution in [0.25, 0.3) is 5.69 Å². The number of benzene rings is 1. The van der Waals surface area contributed by atoms with Gasteiger partial charge < -0.3 is 11.1 Å². The quantitative estimate of drug-likeness (QED) is 0.649. The zero-order valence-corrected chi connectivity index (χ0v) is 18.1. The van der Waals surface area contributed by atoms with Crippen molar-refractivity contribution in [3.8, 4) is 5.69 Å². The normalized spacial score (nSPS) is 18.3. The van der Waals surface area contributed by atoms with Crippen LogP contribution in [0.1, 0.15) is 56.7 Å². The van der Waals surface area contributed by atoms with Crippen LogP contribution in [0.4, 0.5) is 0 Å². The molecule has 0 unspecified atom stereocenters. The number of nitrogens with zero attached hydrogens (tertiary/aromatic N) is 3. The van der Waals surface area contributed by atoms with Crippen LogP contribution in [0.5, 0.6) is 0 Å². The third-order valence-corrected chi connectivity index (χ3v) is 6.99. The Bertz CT molecular complexity index is 1100. The van der Waals surface area contributed by atoms with Gasteiger partial charge in [0.1, 0.15) is 5.82 Å². The van der Waals surface area contributed by atoms with Crippen molar-refractivity contribution in [2.24, 2.45) is 5.73 Å². The van der Waals surface area contributed by atoms with Gasteiger partial charge in [0, 0.05) is 23.7 Å². The van der Waals surface area contributed by atoms with E-state index in [1.165, 1.54) is 17.3 Å². The molecule has 2 aromatic rings. The minimum Gasteiger partial charge on any atom is -0.366 e. The molecular formula is C23H25N5O2S. The van der Waals surface area contributed by atoms with Crippen LogP contribution in [-0.2, 0) is 9.59 Å². The molecule has 0 atom stereocenters. The summed E-state index contributed by atoms with van der Waals surface area (Å²) in [4.78, 5) is 24.8. The highest BCUT2D eigenvalue weighted by Gasteiger charge is 2.32. The maximum Gasteiger partial charge on any atom is 0.250 e. The SMILES string of the molecule is NC(=O)C1=C(NC(=O)CSc2nnc(C3CC3)n2-c2ccccc2)CC2=C1CCCC2. The van der Waals surface area contributed by atoms with Crippen molar-refractivity contribution in [3.63, 3.8) is 0 Å². The predicted octanol–water partition coefficient (Wildman–Crippen LogP) is 3.37. The molecular weight excluding hydrogens is 410 g/mol. The van der Waals surface area contributed by atoms with Gasteiger partial charge in [0.2, 0.25) is 5.91 Å². The number of carbonyl (C=O) groups is 2. The van der Waals surface area contributed by atoms with Gasteiger partial charge in [-0.25, -0.2) is 0 Å². The van der Waals surface area contributed by atoms with Gasteiger partial charge in [0.05, 0.1) is 11.3 Å². The molecule has 0 spiro atoms. The smallest absolute Gasteiger partial charge is 0.250 e. The number of nitrogens with one attached hydrogen (secondary N) is 1. The fourth-order valence-electron chi connectivity index (χ4n) is 4.49. The second-order valence-electron chi connectivity index (χ2n) is 8.31. The Morgan fingerprint density at radius 2 is 1.90 bits per heavy atom. The highest BCUT2D eigenvalue weighted by molar-refractivity contribution is 7.99. The molecule has 3 aliphatic rings. The molecule has 3 aliphatic carbocycles. The number of hydrogen-bond donors (Lipinski definition) is 2. The molecule has 31 heavy (non-hydrogen) atoms. The lowest BCUT2D eigenvalue weighted by Crippen LogP contribution is -2.27. The Morgan fingerprint density at radius 1 is 1.13 bits per heavy atom. The Kier molecular flexibility index (Phi) is 5.40. The van der Waals surface area contributed by atoms with Gasteiger partial charge >= 0.3 is 0 Å². The summed E-state index contributed by atoms with van der Waals surface area (Å²) in [5, 5.41) is 12.4. The van der Waals surface area contributed by atoms with E-state index in [2.05, 4.69) is 20.1 Å². The first-order valence-corrected chi connectivity index (χ1v) is 11.8. The van der Waals surface area contributed by atoms with Crippen molar-refractivity contribution < 1.29 is 9.59 Å². The average molecular weight is 436 g/mol. The van der Waals surface area contributed by atoms with E-state index >= 15 is 0 Å². The first kappa shape index (κ1) is 20.1. The number of nitrogens with two attached hydrogens (primary N) is 1. The van der Waals surface area contributed by atoms with E-state index in [4.69, 9.17) is 5.73 Å². The molecule has 5 rings (SSSR count). The zero-order chi connectivity index (χ0) is 21.4. The Hall–Kier alpha value is -2.87. The molecule has 1 aromatic heterocycles. The number of primary amides is 1. The van der Waals surface area contributed by atoms with E-state index in [0.29, 0.717) is 28.8 Å². The molecule has 3 N–H and O–H groups in total. The lowest BCUT2D eigenvalue weighted by Gasteiger charge is -2.14. The van der Waals surface area contributed by atoms with Gasteiger partial charge in [-0.2, -0.15) is 0 Å². The molecule has 0 radical (unpaired) electrons. The number of aromatic nitrogens is 3. The fourth-order valence-corrected chi connectivity index (χ4v) is 5.25. The molecule has 1 heterocycles. The van der Waals surface area contributed by atoms with Gasteiger partial charge in [-0.3, -0.25) is 14.2 Å². The minimum absolute atomic E-state index is 0.158. The number of carbonyl (C=O) groups excluding carboxylic acids is 2. The van der Waals surface area contributed by atoms with E-state index in [-0.39, 0.29) is 11.7 Å². The van der Waals surface area contributed by atoms with Crippen molar-refractivity contribution in [2.75, 3.05) is 5.75 Å². The average Bonchev–Trinajstić information content (AvgIpc) is 3.42. The van der Waals surface area contributed by atoms with Crippen LogP contribution in [0.15, 0.2) is 57.9 Å². The van der Waals surface area contributed by atoms with Gasteiger partial charge in [0.15, 0.2) is 5.16 Å². The van der Waals surface area contributed by atoms with Gasteiger partial charge in [-0.05, 0) is 56.2 Å². The van der Waals surface area contributed by atoms with Crippen LogP contribution < -0.4 is 11.1 Å². The molecule has 0 saturated heterocycles. The highest BCUT2D eigenvalue weighted by atomic mass is 32.2. The largest absolute Gasteiger partial charge is 0.366 e. The van der Waals surface area contributed by atoms with Crippen molar-refractivity contribution in [3.05, 3.63) is 58.6 Å². The van der Waals surface area contributed by atoms with E-state index in [9.17, 15) is 9.59 Å². The van der Waals surface area contributed by atoms with Crippen LogP contribution in [0, 0.1) is 0 Å². The van der Waals surface area contributed by atoms with Gasteiger partial charge in [-0.15, -0.1) is 10.2 Å². The predicted molar refractivity (Wildman–Crippen MR) is 119 cm³/mol. The Balaban J connectivity index is 1.31. The van der Waals surface area contributed by atoms with E-state index in [1.807, 2.05) is 30.3 Å². The lowest BCUT2D eigenvalue weighted by atomic mass is 9.91. The molecule has 1 saturated carbocycles. The number of thioether (sulfide) groups is 1. The van der Waals surface area contributed by atoms with Gasteiger partial charge in [0.25, 0.3) is 5.91 Å². The summed E-state index contributed by atoms with van der Waals surface area (Å²) in [7, 11) is 0. The first-order chi connectivity index (χ1) is 15.1. The Morgan fingerprint density at radius 3 is 2.65 bits per heavy atom. The molecule has 0 aliphatic heterocycles. The maximum absolute atomic E-state index is 12.8. The molecule has 7 nitrogen and oxygen atoms in total. The van der Waals surface area contributed by atoms with E-state index in [0.717, 1.165) is 55.6 Å². The second-order valence-corrected chi connectivity index (χ2v) is 9.25. The third kappa shape index (κ3) is 4.04. The second kappa shape index (κ2) is 8.34. The topological polar surface area (TPSA) is 103 Å². The molecule has 2 amide bonds. The highest BCUT2D eigenvalue weighted by Crippen LogP contribution is 2.41. The van der Waals surface area contributed by atoms with Crippen LogP contribution >= 0.6 is 11.8 Å². The van der Waals surface area contributed by atoms with Gasteiger partial charge in [-0.1, -0.05) is 35.5 Å². The van der Waals surface area contributed by atoms with Crippen molar-refractivity contribution in [1.82, 2.24) is 20.1 Å². The van der Waals surface area contributed by atoms with Crippen molar-refractivity contribution in [2.45, 2.75) is 56.0 Å². The van der Waals surface area contributed by atoms with Crippen molar-refractivity contribution in [1.29, 1.82) is 0 Å². The minimum atomic E-state index is -0.451. The van der Waals surface area contributed by atoms with E-state index < -0.39 is 5.91 Å². The molecule has 8 heteroatoms. The number of para-hydroxylation sites is 1. The lowest BCUT2D eigenvalue weighted by molar-refractivity contribution is -0.117. The van der Waals surface area contributed by atoms with Crippen molar-refractivity contribution >= 4 is 23.6 Å².